The van der Waals surface area contributed by atoms with Crippen molar-refractivity contribution in [1.29, 1.82) is 0 Å². The fourth-order valence-electron chi connectivity index (χ4n) is 1.45. The molecule has 106 valence electrons. The molecule has 0 aromatic carbocycles. The lowest BCUT2D eigenvalue weighted by Gasteiger charge is -2.24. The highest BCUT2D eigenvalue weighted by atomic mass is 16.5. The Morgan fingerprint density at radius 2 is 1.83 bits per heavy atom. The third kappa shape index (κ3) is 10.1. The molecule has 2 N–H and O–H groups in total. The zero-order valence-electron chi connectivity index (χ0n) is 11.6. The number of nitrogens with one attached hydrogen (secondary N) is 1. The van der Waals surface area contributed by atoms with E-state index in [1.165, 1.54) is 0 Å². The number of amides is 1. The first-order valence-corrected chi connectivity index (χ1v) is 6.35. The number of carboxylic acid groups (broad SMARTS) is 1. The molecule has 0 heterocycles. The minimum Gasteiger partial charge on any atom is -0.481 e. The Balaban J connectivity index is 3.65. The van der Waals surface area contributed by atoms with Gasteiger partial charge in [-0.2, -0.15) is 0 Å². The molecule has 0 aliphatic rings. The maximum absolute atomic E-state index is 11.5. The Hall–Kier alpha value is -1.10. The molecule has 0 saturated heterocycles. The SMILES string of the molecule is COCCC(C)(C)CNC(=O)CCCCC(=O)O. The van der Waals surface area contributed by atoms with Crippen molar-refractivity contribution in [2.45, 2.75) is 46.0 Å². The minimum absolute atomic E-state index is 0.00844. The molecule has 18 heavy (non-hydrogen) atoms. The van der Waals surface area contributed by atoms with Crippen molar-refractivity contribution in [2.75, 3.05) is 20.3 Å². The van der Waals surface area contributed by atoms with Crippen LogP contribution in [-0.4, -0.2) is 37.2 Å². The van der Waals surface area contributed by atoms with Crippen LogP contribution < -0.4 is 5.32 Å². The van der Waals surface area contributed by atoms with Crippen LogP contribution in [0.2, 0.25) is 0 Å². The lowest BCUT2D eigenvalue weighted by Crippen LogP contribution is -2.34. The maximum Gasteiger partial charge on any atom is 0.303 e. The van der Waals surface area contributed by atoms with Crippen molar-refractivity contribution < 1.29 is 19.4 Å². The first-order valence-electron chi connectivity index (χ1n) is 6.35. The molecule has 0 aliphatic carbocycles. The van der Waals surface area contributed by atoms with Crippen molar-refractivity contribution in [2.24, 2.45) is 5.41 Å². The van der Waals surface area contributed by atoms with Crippen LogP contribution in [0.3, 0.4) is 0 Å². The lowest BCUT2D eigenvalue weighted by molar-refractivity contribution is -0.137. The smallest absolute Gasteiger partial charge is 0.303 e. The van der Waals surface area contributed by atoms with Gasteiger partial charge in [-0.05, 0) is 24.7 Å². The number of methoxy groups -OCH3 is 1. The highest BCUT2D eigenvalue weighted by Gasteiger charge is 2.18. The molecular formula is C13H25NO4. The molecule has 0 saturated carbocycles. The molecule has 5 heteroatoms. The molecule has 0 aromatic rings. The van der Waals surface area contributed by atoms with Crippen LogP contribution >= 0.6 is 0 Å². The van der Waals surface area contributed by atoms with E-state index in [9.17, 15) is 9.59 Å². The number of ether oxygens (including phenoxy) is 1. The Morgan fingerprint density at radius 1 is 1.22 bits per heavy atom. The molecule has 0 aliphatic heterocycles. The highest BCUT2D eigenvalue weighted by molar-refractivity contribution is 5.75. The predicted octanol–water partition coefficient (Wildman–Crippen LogP) is 1.81. The predicted molar refractivity (Wildman–Crippen MR) is 69.4 cm³/mol. The van der Waals surface area contributed by atoms with Gasteiger partial charge in [-0.25, -0.2) is 0 Å². The molecule has 0 rings (SSSR count). The van der Waals surface area contributed by atoms with Gasteiger partial charge < -0.3 is 15.2 Å². The summed E-state index contributed by atoms with van der Waals surface area (Å²) in [5.41, 5.74) is 0.0206. The Labute approximate surface area is 109 Å². The third-order valence-corrected chi connectivity index (χ3v) is 2.79. The van der Waals surface area contributed by atoms with E-state index in [0.29, 0.717) is 32.4 Å². The zero-order valence-corrected chi connectivity index (χ0v) is 11.6. The van der Waals surface area contributed by atoms with Gasteiger partial charge in [-0.15, -0.1) is 0 Å². The second-order valence-electron chi connectivity index (χ2n) is 5.28. The summed E-state index contributed by atoms with van der Waals surface area (Å²) in [6.45, 7) is 5.46. The fourth-order valence-corrected chi connectivity index (χ4v) is 1.45. The number of carbonyl (C=O) groups excluding carboxylic acids is 1. The highest BCUT2D eigenvalue weighted by Crippen LogP contribution is 2.18. The topological polar surface area (TPSA) is 75.6 Å². The number of aliphatic carboxylic acids is 1. The number of unbranched alkanes of at least 4 members (excludes halogenated alkanes) is 1. The van der Waals surface area contributed by atoms with Gasteiger partial charge in [0.1, 0.15) is 0 Å². The van der Waals surface area contributed by atoms with Crippen LogP contribution in [0.1, 0.15) is 46.0 Å². The Bertz CT molecular complexity index is 264. The summed E-state index contributed by atoms with van der Waals surface area (Å²) < 4.78 is 5.02. The van der Waals surface area contributed by atoms with Gasteiger partial charge in [-0.3, -0.25) is 9.59 Å². The number of hydrogen-bond donors (Lipinski definition) is 2. The summed E-state index contributed by atoms with van der Waals surface area (Å²) in [5.74, 6) is -0.818. The summed E-state index contributed by atoms with van der Waals surface area (Å²) in [4.78, 5) is 21.8. The van der Waals surface area contributed by atoms with Gasteiger partial charge >= 0.3 is 5.97 Å². The Morgan fingerprint density at radius 3 is 2.39 bits per heavy atom. The van der Waals surface area contributed by atoms with E-state index in [-0.39, 0.29) is 17.7 Å². The van der Waals surface area contributed by atoms with Gasteiger partial charge in [-0.1, -0.05) is 13.8 Å². The van der Waals surface area contributed by atoms with Gasteiger partial charge in [0.15, 0.2) is 0 Å². The van der Waals surface area contributed by atoms with E-state index in [2.05, 4.69) is 19.2 Å². The molecule has 0 unspecified atom stereocenters. The van der Waals surface area contributed by atoms with Crippen LogP contribution in [0.5, 0.6) is 0 Å². The monoisotopic (exact) mass is 259 g/mol. The fraction of sp³-hybridized carbons (Fsp3) is 0.846. The van der Waals surface area contributed by atoms with Crippen LogP contribution in [0.25, 0.3) is 0 Å². The number of carboxylic acids is 1. The van der Waals surface area contributed by atoms with E-state index >= 15 is 0 Å². The van der Waals surface area contributed by atoms with Crippen LogP contribution in [0.4, 0.5) is 0 Å². The average Bonchev–Trinajstić information content (AvgIpc) is 2.29. The molecule has 1 amide bonds. The number of hydrogen-bond acceptors (Lipinski definition) is 3. The molecule has 0 fully saturated rings. The number of rotatable bonds is 10. The second-order valence-corrected chi connectivity index (χ2v) is 5.28. The minimum atomic E-state index is -0.809. The quantitative estimate of drug-likeness (QED) is 0.587. The lowest BCUT2D eigenvalue weighted by atomic mass is 9.89. The van der Waals surface area contributed by atoms with E-state index in [1.807, 2.05) is 0 Å². The first-order chi connectivity index (χ1) is 8.37. The maximum atomic E-state index is 11.5. The van der Waals surface area contributed by atoms with Crippen molar-refractivity contribution >= 4 is 11.9 Å². The van der Waals surface area contributed by atoms with Crippen molar-refractivity contribution in [3.05, 3.63) is 0 Å². The van der Waals surface area contributed by atoms with E-state index < -0.39 is 5.97 Å². The summed E-state index contributed by atoms with van der Waals surface area (Å²) in [6.07, 6.45) is 2.59. The van der Waals surface area contributed by atoms with Gasteiger partial charge in [0, 0.05) is 33.1 Å². The molecule has 0 atom stereocenters. The standard InChI is InChI=1S/C13H25NO4/c1-13(2,8-9-18-3)10-14-11(15)6-4-5-7-12(16)17/h4-10H2,1-3H3,(H,14,15)(H,16,17). The molecular weight excluding hydrogens is 234 g/mol. The first kappa shape index (κ1) is 16.9. The average molecular weight is 259 g/mol. The van der Waals surface area contributed by atoms with Crippen LogP contribution in [0, 0.1) is 5.41 Å². The summed E-state index contributed by atoms with van der Waals surface area (Å²) in [5, 5.41) is 11.3. The summed E-state index contributed by atoms with van der Waals surface area (Å²) in [6, 6.07) is 0. The van der Waals surface area contributed by atoms with Gasteiger partial charge in [0.25, 0.3) is 0 Å². The molecule has 0 radical (unpaired) electrons. The van der Waals surface area contributed by atoms with E-state index in [4.69, 9.17) is 9.84 Å². The van der Waals surface area contributed by atoms with Crippen molar-refractivity contribution in [3.8, 4) is 0 Å². The van der Waals surface area contributed by atoms with E-state index in [0.717, 1.165) is 6.42 Å². The summed E-state index contributed by atoms with van der Waals surface area (Å²) >= 11 is 0. The van der Waals surface area contributed by atoms with Crippen LogP contribution in [-0.2, 0) is 14.3 Å². The molecule has 0 bridgehead atoms. The Kier molecular flexibility index (Phi) is 8.37. The van der Waals surface area contributed by atoms with E-state index in [1.54, 1.807) is 7.11 Å². The molecule has 5 nitrogen and oxygen atoms in total. The molecule has 0 aromatic heterocycles. The van der Waals surface area contributed by atoms with Gasteiger partial charge in [0.05, 0.1) is 0 Å². The largest absolute Gasteiger partial charge is 0.481 e. The zero-order chi connectivity index (χ0) is 14.0. The van der Waals surface area contributed by atoms with Crippen molar-refractivity contribution in [3.63, 3.8) is 0 Å². The normalized spacial score (nSPS) is 11.3. The summed E-state index contributed by atoms with van der Waals surface area (Å²) in [7, 11) is 1.66. The number of carbonyl (C=O) groups is 2. The van der Waals surface area contributed by atoms with Crippen LogP contribution in [0.15, 0.2) is 0 Å². The van der Waals surface area contributed by atoms with Crippen molar-refractivity contribution in [1.82, 2.24) is 5.32 Å². The third-order valence-electron chi connectivity index (χ3n) is 2.79. The molecule has 0 spiro atoms. The van der Waals surface area contributed by atoms with Gasteiger partial charge in [0.2, 0.25) is 5.91 Å². The second kappa shape index (κ2) is 8.91.